The molecule has 21 heavy (non-hydrogen) atoms. The number of nitrogens with zero attached hydrogens (tertiary/aromatic N) is 3. The Hall–Kier alpha value is -2.36. The van der Waals surface area contributed by atoms with Gasteiger partial charge >= 0.3 is 0 Å². The van der Waals surface area contributed by atoms with E-state index < -0.39 is 0 Å². The highest BCUT2D eigenvalue weighted by molar-refractivity contribution is 5.85. The summed E-state index contributed by atoms with van der Waals surface area (Å²) in [7, 11) is 0. The zero-order valence-corrected chi connectivity index (χ0v) is 12.8. The van der Waals surface area contributed by atoms with Crippen LogP contribution in [0.15, 0.2) is 24.3 Å². The molecule has 0 spiro atoms. The first kappa shape index (κ1) is 18.6. The third-order valence-electron chi connectivity index (χ3n) is 2.66. The van der Waals surface area contributed by atoms with Gasteiger partial charge in [-0.2, -0.15) is 5.26 Å². The Morgan fingerprint density at radius 3 is 1.95 bits per heavy atom. The number of hydrogen-bond donors (Lipinski definition) is 3. The molecule has 2 heterocycles. The molecule has 0 aliphatic heterocycles. The Bertz CT molecular complexity index is 636. The molecule has 0 amide bonds. The normalized spacial score (nSPS) is 8.86. The third kappa shape index (κ3) is 5.65. The van der Waals surface area contributed by atoms with Crippen molar-refractivity contribution in [2.24, 2.45) is 5.73 Å². The van der Waals surface area contributed by atoms with Crippen LogP contribution >= 0.6 is 12.4 Å². The summed E-state index contributed by atoms with van der Waals surface area (Å²) < 4.78 is 0. The van der Waals surface area contributed by atoms with Crippen molar-refractivity contribution >= 4 is 24.0 Å². The zero-order chi connectivity index (χ0) is 15.1. The smallest absolute Gasteiger partial charge is 0.123 e. The standard InChI is InChI=1S/C7H11N3.C7H7N3.ClH/c2*1-5-6(4-8)2-3-7(9)10-5;/h2-3H,4,8H2,1H3,(H2,9,10);2-3H,1H3,(H2,9,10);1H. The maximum Gasteiger partial charge on any atom is 0.123 e. The summed E-state index contributed by atoms with van der Waals surface area (Å²) in [5, 5.41) is 8.48. The fourth-order valence-corrected chi connectivity index (χ4v) is 1.52. The Balaban J connectivity index is 0.000000364. The summed E-state index contributed by atoms with van der Waals surface area (Å²) >= 11 is 0. The predicted molar refractivity (Wildman–Crippen MR) is 86.6 cm³/mol. The number of pyridine rings is 2. The van der Waals surface area contributed by atoms with E-state index in [0.717, 1.165) is 11.3 Å². The lowest BCUT2D eigenvalue weighted by molar-refractivity contribution is 1.01. The lowest BCUT2D eigenvalue weighted by Crippen LogP contribution is -2.02. The molecule has 0 bridgehead atoms. The predicted octanol–water partition coefficient (Wildman–Crippen LogP) is 1.70. The van der Waals surface area contributed by atoms with Crippen LogP contribution in [-0.4, -0.2) is 9.97 Å². The molecular weight excluding hydrogens is 288 g/mol. The Labute approximate surface area is 130 Å². The molecule has 2 aromatic heterocycles. The van der Waals surface area contributed by atoms with Gasteiger partial charge in [0.15, 0.2) is 0 Å². The molecule has 0 aliphatic carbocycles. The molecule has 2 rings (SSSR count). The number of anilines is 2. The molecule has 112 valence electrons. The van der Waals surface area contributed by atoms with E-state index in [2.05, 4.69) is 9.97 Å². The summed E-state index contributed by atoms with van der Waals surface area (Å²) in [4.78, 5) is 7.94. The van der Waals surface area contributed by atoms with Crippen LogP contribution in [-0.2, 0) is 6.54 Å². The number of nitrogen functional groups attached to an aromatic ring is 2. The average Bonchev–Trinajstić information content (AvgIpc) is 2.40. The fraction of sp³-hybridized carbons (Fsp3) is 0.214. The summed E-state index contributed by atoms with van der Waals surface area (Å²) in [5.74, 6) is 1.01. The van der Waals surface area contributed by atoms with Crippen LogP contribution in [0.4, 0.5) is 11.6 Å². The van der Waals surface area contributed by atoms with Gasteiger partial charge in [-0.25, -0.2) is 9.97 Å². The first-order chi connectivity index (χ1) is 9.47. The molecule has 7 heteroatoms. The van der Waals surface area contributed by atoms with Crippen molar-refractivity contribution in [2.45, 2.75) is 20.4 Å². The molecule has 0 unspecified atom stereocenters. The van der Waals surface area contributed by atoms with E-state index in [0.29, 0.717) is 29.4 Å². The molecule has 0 aliphatic rings. The highest BCUT2D eigenvalue weighted by atomic mass is 35.5. The molecule has 6 N–H and O–H groups in total. The second-order valence-corrected chi connectivity index (χ2v) is 4.17. The molecule has 2 aromatic rings. The van der Waals surface area contributed by atoms with E-state index in [4.69, 9.17) is 22.5 Å². The van der Waals surface area contributed by atoms with Crippen LogP contribution < -0.4 is 17.2 Å². The van der Waals surface area contributed by atoms with Gasteiger partial charge in [-0.05, 0) is 37.6 Å². The second-order valence-electron chi connectivity index (χ2n) is 4.17. The van der Waals surface area contributed by atoms with Crippen molar-refractivity contribution in [3.8, 4) is 6.07 Å². The van der Waals surface area contributed by atoms with E-state index in [1.54, 1.807) is 25.1 Å². The highest BCUT2D eigenvalue weighted by Gasteiger charge is 1.96. The molecular formula is C14H19ClN6. The van der Waals surface area contributed by atoms with Gasteiger partial charge in [0.25, 0.3) is 0 Å². The van der Waals surface area contributed by atoms with E-state index in [1.807, 2.05) is 19.1 Å². The van der Waals surface area contributed by atoms with Crippen molar-refractivity contribution in [3.05, 3.63) is 46.8 Å². The Morgan fingerprint density at radius 2 is 1.52 bits per heavy atom. The molecule has 0 aromatic carbocycles. The van der Waals surface area contributed by atoms with Crippen molar-refractivity contribution in [2.75, 3.05) is 11.5 Å². The minimum atomic E-state index is 0. The van der Waals surface area contributed by atoms with Crippen molar-refractivity contribution in [1.29, 1.82) is 5.26 Å². The van der Waals surface area contributed by atoms with Crippen LogP contribution in [0.2, 0.25) is 0 Å². The average molecular weight is 307 g/mol. The minimum Gasteiger partial charge on any atom is -0.384 e. The summed E-state index contributed by atoms with van der Waals surface area (Å²) in [5.41, 5.74) is 19.4. The lowest BCUT2D eigenvalue weighted by Gasteiger charge is -2.00. The van der Waals surface area contributed by atoms with Crippen LogP contribution in [0.3, 0.4) is 0 Å². The lowest BCUT2D eigenvalue weighted by atomic mass is 10.2. The van der Waals surface area contributed by atoms with Gasteiger partial charge in [0.2, 0.25) is 0 Å². The molecule has 0 saturated heterocycles. The first-order valence-corrected chi connectivity index (χ1v) is 6.03. The quantitative estimate of drug-likeness (QED) is 0.735. The summed E-state index contributed by atoms with van der Waals surface area (Å²) in [6.45, 7) is 4.19. The summed E-state index contributed by atoms with van der Waals surface area (Å²) in [6, 6.07) is 8.94. The van der Waals surface area contributed by atoms with E-state index in [9.17, 15) is 0 Å². The van der Waals surface area contributed by atoms with Crippen LogP contribution in [0, 0.1) is 25.2 Å². The van der Waals surface area contributed by atoms with Gasteiger partial charge in [-0.3, -0.25) is 0 Å². The number of nitriles is 1. The van der Waals surface area contributed by atoms with Crippen molar-refractivity contribution < 1.29 is 0 Å². The SMILES string of the molecule is Cc1nc(N)ccc1C#N.Cc1nc(N)ccc1CN.Cl. The maximum absolute atomic E-state index is 8.48. The first-order valence-electron chi connectivity index (χ1n) is 6.03. The van der Waals surface area contributed by atoms with E-state index in [1.165, 1.54) is 0 Å². The van der Waals surface area contributed by atoms with Crippen molar-refractivity contribution in [1.82, 2.24) is 9.97 Å². The number of hydrogen-bond acceptors (Lipinski definition) is 6. The number of aromatic nitrogens is 2. The van der Waals surface area contributed by atoms with Crippen LogP contribution in [0.25, 0.3) is 0 Å². The van der Waals surface area contributed by atoms with Crippen LogP contribution in [0.5, 0.6) is 0 Å². The maximum atomic E-state index is 8.48. The Morgan fingerprint density at radius 1 is 1.00 bits per heavy atom. The third-order valence-corrected chi connectivity index (χ3v) is 2.66. The topological polar surface area (TPSA) is 128 Å². The highest BCUT2D eigenvalue weighted by Crippen LogP contribution is 2.06. The molecule has 0 saturated carbocycles. The molecule has 0 fully saturated rings. The van der Waals surface area contributed by atoms with Gasteiger partial charge in [0.1, 0.15) is 17.7 Å². The minimum absolute atomic E-state index is 0. The summed E-state index contributed by atoms with van der Waals surface area (Å²) in [6.07, 6.45) is 0. The van der Waals surface area contributed by atoms with E-state index in [-0.39, 0.29) is 12.4 Å². The van der Waals surface area contributed by atoms with Gasteiger partial charge in [-0.1, -0.05) is 6.07 Å². The molecule has 6 nitrogen and oxygen atoms in total. The fourth-order valence-electron chi connectivity index (χ4n) is 1.52. The molecule has 0 radical (unpaired) electrons. The number of halogens is 1. The number of nitrogens with two attached hydrogens (primary N) is 3. The van der Waals surface area contributed by atoms with E-state index >= 15 is 0 Å². The molecule has 0 atom stereocenters. The van der Waals surface area contributed by atoms with Crippen molar-refractivity contribution in [3.63, 3.8) is 0 Å². The van der Waals surface area contributed by atoms with Gasteiger partial charge in [-0.15, -0.1) is 12.4 Å². The largest absolute Gasteiger partial charge is 0.384 e. The second kappa shape index (κ2) is 8.74. The van der Waals surface area contributed by atoms with Gasteiger partial charge in [0, 0.05) is 12.2 Å². The van der Waals surface area contributed by atoms with Gasteiger partial charge < -0.3 is 17.2 Å². The monoisotopic (exact) mass is 306 g/mol. The number of rotatable bonds is 1. The zero-order valence-electron chi connectivity index (χ0n) is 12.0. The van der Waals surface area contributed by atoms with Gasteiger partial charge in [0.05, 0.1) is 11.3 Å². The number of aryl methyl sites for hydroxylation is 2. The Kier molecular flexibility index (Phi) is 7.76. The van der Waals surface area contributed by atoms with Crippen LogP contribution in [0.1, 0.15) is 22.5 Å².